The lowest BCUT2D eigenvalue weighted by molar-refractivity contribution is 0.249. The van der Waals surface area contributed by atoms with E-state index in [-0.39, 0.29) is 5.75 Å². The van der Waals surface area contributed by atoms with Crippen molar-refractivity contribution < 1.29 is 12.7 Å². The lowest BCUT2D eigenvalue weighted by Gasteiger charge is -2.01. The van der Waals surface area contributed by atoms with Crippen molar-refractivity contribution in [3.8, 4) is 6.07 Å². The molecule has 6 heteroatoms. The topological polar surface area (TPSA) is 79.2 Å². The highest BCUT2D eigenvalue weighted by molar-refractivity contribution is 7.86. The molecule has 0 spiro atoms. The van der Waals surface area contributed by atoms with Crippen LogP contribution in [0.15, 0.2) is 12.3 Å². The molecule has 0 fully saturated rings. The Morgan fingerprint density at radius 3 is 2.86 bits per heavy atom. The summed E-state index contributed by atoms with van der Waals surface area (Å²) in [6.45, 7) is 1.75. The molecule has 0 unspecified atom stereocenters. The number of hydroxylamine groups is 1. The van der Waals surface area contributed by atoms with Gasteiger partial charge in [0, 0.05) is 12.6 Å². The van der Waals surface area contributed by atoms with Crippen LogP contribution in [0, 0.1) is 11.3 Å². The molecule has 0 saturated carbocycles. The van der Waals surface area contributed by atoms with Crippen molar-refractivity contribution in [2.75, 3.05) is 5.75 Å². The highest BCUT2D eigenvalue weighted by Gasteiger charge is 2.07. The zero-order chi connectivity index (χ0) is 10.9. The summed E-state index contributed by atoms with van der Waals surface area (Å²) in [4.78, 5) is 0. The monoisotopic (exact) mass is 218 g/mol. The van der Waals surface area contributed by atoms with Gasteiger partial charge in [0.25, 0.3) is 10.1 Å². The predicted molar refractivity (Wildman–Crippen MR) is 52.3 cm³/mol. The SMILES string of the molecule is CCCS(=O)(=O)ONC=CCCC#N. The Morgan fingerprint density at radius 2 is 2.29 bits per heavy atom. The van der Waals surface area contributed by atoms with E-state index in [2.05, 4.69) is 9.76 Å². The summed E-state index contributed by atoms with van der Waals surface area (Å²) in [5.74, 6) is -0.00790. The third kappa shape index (κ3) is 7.58. The van der Waals surface area contributed by atoms with Crippen LogP contribution in [0.4, 0.5) is 0 Å². The van der Waals surface area contributed by atoms with Crippen molar-refractivity contribution in [1.82, 2.24) is 5.48 Å². The third-order valence-electron chi connectivity index (χ3n) is 1.24. The molecule has 14 heavy (non-hydrogen) atoms. The molecule has 0 bridgehead atoms. The summed E-state index contributed by atoms with van der Waals surface area (Å²) in [6, 6.07) is 1.96. The summed E-state index contributed by atoms with van der Waals surface area (Å²) in [5.41, 5.74) is 2.19. The molecule has 0 aliphatic heterocycles. The van der Waals surface area contributed by atoms with E-state index in [0.29, 0.717) is 19.3 Å². The van der Waals surface area contributed by atoms with Crippen molar-refractivity contribution in [3.05, 3.63) is 12.3 Å². The van der Waals surface area contributed by atoms with Crippen LogP contribution in [0.25, 0.3) is 0 Å². The van der Waals surface area contributed by atoms with Gasteiger partial charge in [0.2, 0.25) is 0 Å². The average Bonchev–Trinajstić information content (AvgIpc) is 2.11. The number of hydrogen-bond acceptors (Lipinski definition) is 5. The van der Waals surface area contributed by atoms with Crippen LogP contribution in [0.3, 0.4) is 0 Å². The van der Waals surface area contributed by atoms with Gasteiger partial charge in [-0.05, 0) is 12.8 Å². The quantitative estimate of drug-likeness (QED) is 0.510. The van der Waals surface area contributed by atoms with Gasteiger partial charge in [-0.25, -0.2) is 0 Å². The number of nitriles is 1. The van der Waals surface area contributed by atoms with Crippen LogP contribution < -0.4 is 5.48 Å². The molecule has 0 saturated heterocycles. The first kappa shape index (κ1) is 12.9. The van der Waals surface area contributed by atoms with E-state index in [1.54, 1.807) is 13.0 Å². The fourth-order valence-electron chi connectivity index (χ4n) is 0.672. The number of allylic oxidation sites excluding steroid dienone is 1. The second kappa shape index (κ2) is 7.35. The van der Waals surface area contributed by atoms with E-state index in [4.69, 9.17) is 5.26 Å². The maximum atomic E-state index is 10.9. The fraction of sp³-hybridized carbons (Fsp3) is 0.625. The largest absolute Gasteiger partial charge is 0.287 e. The minimum Gasteiger partial charge on any atom is -0.257 e. The molecule has 5 nitrogen and oxygen atoms in total. The minimum absolute atomic E-state index is 0.00790. The van der Waals surface area contributed by atoms with Crippen molar-refractivity contribution in [2.45, 2.75) is 26.2 Å². The zero-order valence-electron chi connectivity index (χ0n) is 8.06. The van der Waals surface area contributed by atoms with E-state index < -0.39 is 10.1 Å². The van der Waals surface area contributed by atoms with Crippen LogP contribution >= 0.6 is 0 Å². The van der Waals surface area contributed by atoms with E-state index >= 15 is 0 Å². The molecular weight excluding hydrogens is 204 g/mol. The van der Waals surface area contributed by atoms with E-state index in [1.165, 1.54) is 6.20 Å². The summed E-state index contributed by atoms with van der Waals surface area (Å²) >= 11 is 0. The Hall–Kier alpha value is -1.06. The normalized spacial score (nSPS) is 11.4. The first-order valence-electron chi connectivity index (χ1n) is 4.31. The second-order valence-electron chi connectivity index (χ2n) is 2.56. The van der Waals surface area contributed by atoms with Gasteiger partial charge in [-0.3, -0.25) is 5.48 Å². The molecular formula is C8H14N2O3S. The van der Waals surface area contributed by atoms with Gasteiger partial charge in [-0.15, -0.1) is 0 Å². The van der Waals surface area contributed by atoms with Gasteiger partial charge in [0.05, 0.1) is 11.8 Å². The molecule has 1 N–H and O–H groups in total. The van der Waals surface area contributed by atoms with Crippen LogP contribution in [-0.4, -0.2) is 14.2 Å². The smallest absolute Gasteiger partial charge is 0.257 e. The van der Waals surface area contributed by atoms with Crippen LogP contribution in [0.1, 0.15) is 26.2 Å². The van der Waals surface area contributed by atoms with Crippen LogP contribution in [0.5, 0.6) is 0 Å². The molecule has 0 aliphatic rings. The fourth-order valence-corrected chi connectivity index (χ4v) is 1.46. The maximum absolute atomic E-state index is 10.9. The van der Waals surface area contributed by atoms with E-state index in [1.807, 2.05) is 6.07 Å². The lowest BCUT2D eigenvalue weighted by atomic mass is 10.3. The second-order valence-corrected chi connectivity index (χ2v) is 4.25. The van der Waals surface area contributed by atoms with Gasteiger partial charge >= 0.3 is 0 Å². The Labute approximate surface area is 84.4 Å². The molecule has 0 atom stereocenters. The molecule has 0 amide bonds. The first-order chi connectivity index (χ1) is 6.62. The molecule has 0 aromatic heterocycles. The summed E-state index contributed by atoms with van der Waals surface area (Å²) < 4.78 is 26.3. The van der Waals surface area contributed by atoms with E-state index in [9.17, 15) is 8.42 Å². The Kier molecular flexibility index (Phi) is 6.80. The first-order valence-corrected chi connectivity index (χ1v) is 5.88. The highest BCUT2D eigenvalue weighted by atomic mass is 32.2. The van der Waals surface area contributed by atoms with Gasteiger partial charge in [-0.2, -0.15) is 18.0 Å². The average molecular weight is 218 g/mol. The summed E-state index contributed by atoms with van der Waals surface area (Å²) in [7, 11) is -3.45. The van der Waals surface area contributed by atoms with Gasteiger partial charge in [0.1, 0.15) is 0 Å². The molecule has 0 aromatic carbocycles. The molecule has 0 heterocycles. The standard InChI is InChI=1S/C8H14N2O3S/c1-2-8-14(11,12)13-10-7-5-3-4-6-9/h5,7,10H,2-4,8H2,1H3. The molecule has 0 radical (unpaired) electrons. The number of hydrogen-bond donors (Lipinski definition) is 1. The minimum atomic E-state index is -3.45. The molecule has 0 aromatic rings. The summed E-state index contributed by atoms with van der Waals surface area (Å²) in [6.07, 6.45) is 4.48. The summed E-state index contributed by atoms with van der Waals surface area (Å²) in [5, 5.41) is 8.19. The van der Waals surface area contributed by atoms with Gasteiger partial charge < -0.3 is 0 Å². The van der Waals surface area contributed by atoms with E-state index in [0.717, 1.165) is 0 Å². The third-order valence-corrected chi connectivity index (χ3v) is 2.50. The Morgan fingerprint density at radius 1 is 1.57 bits per heavy atom. The maximum Gasteiger partial charge on any atom is 0.287 e. The Bertz CT molecular complexity index is 303. The molecule has 0 rings (SSSR count). The number of unbranched alkanes of at least 4 members (excludes halogenated alkanes) is 1. The lowest BCUT2D eigenvalue weighted by Crippen LogP contribution is -2.17. The number of rotatable bonds is 7. The number of nitrogens with zero attached hydrogens (tertiary/aromatic N) is 1. The molecule has 80 valence electrons. The van der Waals surface area contributed by atoms with Crippen molar-refractivity contribution >= 4 is 10.1 Å². The predicted octanol–water partition coefficient (Wildman–Crippen LogP) is 1.06. The highest BCUT2D eigenvalue weighted by Crippen LogP contribution is 1.93. The van der Waals surface area contributed by atoms with Crippen molar-refractivity contribution in [1.29, 1.82) is 5.26 Å². The van der Waals surface area contributed by atoms with Crippen LogP contribution in [-0.2, 0) is 14.4 Å². The van der Waals surface area contributed by atoms with Crippen molar-refractivity contribution in [3.63, 3.8) is 0 Å². The van der Waals surface area contributed by atoms with Gasteiger partial charge in [-0.1, -0.05) is 13.0 Å². The van der Waals surface area contributed by atoms with Gasteiger partial charge in [0.15, 0.2) is 0 Å². The Balaban J connectivity index is 3.64. The van der Waals surface area contributed by atoms with Crippen LogP contribution in [0.2, 0.25) is 0 Å². The van der Waals surface area contributed by atoms with Crippen molar-refractivity contribution in [2.24, 2.45) is 0 Å². The molecule has 0 aliphatic carbocycles. The zero-order valence-corrected chi connectivity index (χ0v) is 8.88. The number of nitrogens with one attached hydrogen (secondary N) is 1.